The first-order chi connectivity index (χ1) is 15.7. The van der Waals surface area contributed by atoms with Crippen LogP contribution in [0.15, 0.2) is 55.6 Å². The SMILES string of the molecule is C.C1CCOC1.CCCC[n+]1ccn(-c2cccc(-n3cc[n+](CCCC)c3)n2)c1.[Br-].[Br-].[Cl][Co+][Cl]. The molecule has 4 rings (SSSR count). The summed E-state index contributed by atoms with van der Waals surface area (Å²) in [7, 11) is 9.47. The number of unbranched alkanes of at least 4 members (excludes halogenated alkanes) is 2. The summed E-state index contributed by atoms with van der Waals surface area (Å²) < 4.78 is 13.5. The fourth-order valence-electron chi connectivity index (χ4n) is 3.22. The Bertz CT molecular complexity index is 825. The molecule has 1 aliphatic heterocycles. The van der Waals surface area contributed by atoms with E-state index >= 15 is 0 Å². The average molecular weight is 703 g/mol. The number of ether oxygens (including phenoxy) is 1. The van der Waals surface area contributed by atoms with Gasteiger partial charge in [-0.15, -0.1) is 0 Å². The summed E-state index contributed by atoms with van der Waals surface area (Å²) in [5.41, 5.74) is 0. The topological polar surface area (TPSA) is 39.7 Å². The summed E-state index contributed by atoms with van der Waals surface area (Å²) in [6, 6.07) is 6.15. The zero-order chi connectivity index (χ0) is 23.0. The second kappa shape index (κ2) is 22.7. The van der Waals surface area contributed by atoms with Crippen LogP contribution in [0.25, 0.3) is 11.6 Å². The predicted octanol–water partition coefficient (Wildman–Crippen LogP) is -0.344. The molecule has 11 heteroatoms. The summed E-state index contributed by atoms with van der Waals surface area (Å²) >= 11 is 0.382. The number of aromatic nitrogens is 5. The molecule has 4 heterocycles. The van der Waals surface area contributed by atoms with E-state index in [2.05, 4.69) is 75.6 Å². The molecule has 0 spiro atoms. The number of halogens is 4. The van der Waals surface area contributed by atoms with Gasteiger partial charge in [0.2, 0.25) is 24.3 Å². The van der Waals surface area contributed by atoms with Crippen LogP contribution in [-0.2, 0) is 30.7 Å². The predicted molar refractivity (Wildman–Crippen MR) is 132 cm³/mol. The quantitative estimate of drug-likeness (QED) is 0.302. The number of pyridine rings is 1. The fraction of sp³-hybridized carbons (Fsp3) is 0.542. The molecule has 6 nitrogen and oxygen atoms in total. The van der Waals surface area contributed by atoms with Crippen LogP contribution in [0.1, 0.15) is 59.8 Å². The third kappa shape index (κ3) is 14.2. The maximum absolute atomic E-state index is 4.94. The number of hydrogen-bond donors (Lipinski definition) is 0. The van der Waals surface area contributed by atoms with Gasteiger partial charge in [-0.05, 0) is 25.7 Å². The Kier molecular flexibility index (Phi) is 23.9. The van der Waals surface area contributed by atoms with Crippen molar-refractivity contribution in [2.75, 3.05) is 13.2 Å². The molecule has 0 amide bonds. The molecule has 0 atom stereocenters. The standard InChI is InChI=1S/C19H27N5.C4H8O.CH4.2BrH.2ClH.Co/c1-3-5-10-21-12-14-23(16-21)18-8-7-9-19(20-18)24-15-13-22(17-24)11-6-4-2;1-2-4-5-3-1;;;;;;/h7-9,12-17H,3-6,10-11H2,1-2H3;1-4H2;1H4;4*1H;/q+2;;;;;;;+3/p-4. The van der Waals surface area contributed by atoms with Gasteiger partial charge in [0.05, 0.1) is 13.1 Å². The van der Waals surface area contributed by atoms with E-state index in [1.807, 2.05) is 12.1 Å². The minimum absolute atomic E-state index is 0. The molecular weight excluding hydrogens is 664 g/mol. The van der Waals surface area contributed by atoms with Gasteiger partial charge in [0.15, 0.2) is 0 Å². The molecule has 3 aromatic rings. The molecule has 0 aromatic carbocycles. The number of imidazole rings is 2. The van der Waals surface area contributed by atoms with Crippen LogP contribution in [0.2, 0.25) is 0 Å². The van der Waals surface area contributed by atoms with Crippen molar-refractivity contribution in [1.29, 1.82) is 0 Å². The van der Waals surface area contributed by atoms with Crippen LogP contribution in [0.3, 0.4) is 0 Å². The maximum atomic E-state index is 4.94. The number of aryl methyl sites for hydroxylation is 2. The molecule has 35 heavy (non-hydrogen) atoms. The minimum atomic E-state index is 0. The third-order valence-electron chi connectivity index (χ3n) is 5.00. The summed E-state index contributed by atoms with van der Waals surface area (Å²) in [4.78, 5) is 4.80. The summed E-state index contributed by atoms with van der Waals surface area (Å²) in [6.07, 6.45) is 19.9. The van der Waals surface area contributed by atoms with E-state index in [1.54, 1.807) is 0 Å². The van der Waals surface area contributed by atoms with Crippen molar-refractivity contribution in [3.05, 3.63) is 55.6 Å². The monoisotopic (exact) mass is 700 g/mol. The number of rotatable bonds is 8. The van der Waals surface area contributed by atoms with Crippen molar-refractivity contribution in [3.63, 3.8) is 0 Å². The van der Waals surface area contributed by atoms with Gasteiger partial charge in [-0.25, -0.2) is 9.13 Å². The Labute approximate surface area is 247 Å². The molecule has 3 aromatic heterocycles. The van der Waals surface area contributed by atoms with Crippen molar-refractivity contribution in [2.45, 2.75) is 72.9 Å². The van der Waals surface area contributed by atoms with E-state index in [-0.39, 0.29) is 41.4 Å². The van der Waals surface area contributed by atoms with E-state index in [4.69, 9.17) is 30.0 Å². The van der Waals surface area contributed by atoms with Crippen molar-refractivity contribution in [1.82, 2.24) is 14.1 Å². The molecule has 202 valence electrons. The van der Waals surface area contributed by atoms with Gasteiger partial charge < -0.3 is 38.7 Å². The van der Waals surface area contributed by atoms with Crippen LogP contribution in [0.5, 0.6) is 0 Å². The average Bonchev–Trinajstić information content (AvgIpc) is 3.60. The van der Waals surface area contributed by atoms with Crippen LogP contribution < -0.4 is 43.1 Å². The Hall–Kier alpha value is -0.424. The van der Waals surface area contributed by atoms with E-state index in [9.17, 15) is 0 Å². The zero-order valence-corrected chi connectivity index (χ0v) is 25.5. The van der Waals surface area contributed by atoms with Crippen LogP contribution in [0.4, 0.5) is 0 Å². The number of nitrogens with zero attached hydrogens (tertiary/aromatic N) is 5. The molecule has 1 aliphatic rings. The fourth-order valence-corrected chi connectivity index (χ4v) is 3.22. The number of hydrogen-bond acceptors (Lipinski definition) is 2. The normalized spacial score (nSPS) is 11.7. The van der Waals surface area contributed by atoms with Crippen molar-refractivity contribution >= 4 is 20.3 Å². The first-order valence-electron chi connectivity index (χ1n) is 11.2. The molecular formula is C24H39Br2Cl2CoN5O+. The molecule has 0 bridgehead atoms. The Morgan fingerprint density at radius 2 is 1.31 bits per heavy atom. The van der Waals surface area contributed by atoms with Gasteiger partial charge in [0.25, 0.3) is 0 Å². The van der Waals surface area contributed by atoms with Gasteiger partial charge in [0, 0.05) is 25.3 Å². The second-order valence-corrected chi connectivity index (χ2v) is 9.27. The van der Waals surface area contributed by atoms with E-state index in [0.717, 1.165) is 37.9 Å². The second-order valence-electron chi connectivity index (χ2n) is 7.55. The van der Waals surface area contributed by atoms with Gasteiger partial charge in [-0.2, -0.15) is 14.1 Å². The van der Waals surface area contributed by atoms with Crippen LogP contribution >= 0.6 is 20.3 Å². The summed E-state index contributed by atoms with van der Waals surface area (Å²) in [5.74, 6) is 1.88. The Balaban J connectivity index is 0. The molecule has 1 fully saturated rings. The molecule has 1 saturated heterocycles. The first kappa shape index (κ1) is 36.7. The third-order valence-corrected chi connectivity index (χ3v) is 5.00. The van der Waals surface area contributed by atoms with E-state index in [0.29, 0.717) is 12.9 Å². The molecule has 0 saturated carbocycles. The summed E-state index contributed by atoms with van der Waals surface area (Å²) in [5, 5.41) is 0. The Morgan fingerprint density at radius 1 is 0.886 bits per heavy atom. The molecule has 0 radical (unpaired) electrons. The van der Waals surface area contributed by atoms with E-state index in [1.165, 1.54) is 38.5 Å². The first-order valence-corrected chi connectivity index (χ1v) is 14.1. The zero-order valence-electron chi connectivity index (χ0n) is 19.8. The van der Waals surface area contributed by atoms with Crippen LogP contribution in [0, 0.1) is 0 Å². The molecule has 0 unspecified atom stereocenters. The van der Waals surface area contributed by atoms with Crippen molar-refractivity contribution in [2.24, 2.45) is 0 Å². The van der Waals surface area contributed by atoms with Gasteiger partial charge in [-0.3, -0.25) is 0 Å². The van der Waals surface area contributed by atoms with Crippen molar-refractivity contribution in [3.8, 4) is 11.6 Å². The van der Waals surface area contributed by atoms with Gasteiger partial charge in [-0.1, -0.05) is 40.2 Å². The van der Waals surface area contributed by atoms with Crippen molar-refractivity contribution < 1.29 is 60.7 Å². The van der Waals surface area contributed by atoms with Crippen LogP contribution in [-0.4, -0.2) is 27.3 Å². The molecule has 0 aliphatic carbocycles. The van der Waals surface area contributed by atoms with E-state index < -0.39 is 0 Å². The van der Waals surface area contributed by atoms with Gasteiger partial charge >= 0.3 is 33.2 Å². The summed E-state index contributed by atoms with van der Waals surface area (Å²) in [6.45, 7) is 8.54. The Morgan fingerprint density at radius 3 is 1.66 bits per heavy atom. The molecule has 0 N–H and O–H groups in total. The van der Waals surface area contributed by atoms with Gasteiger partial charge in [0.1, 0.15) is 24.8 Å².